The summed E-state index contributed by atoms with van der Waals surface area (Å²) in [5.74, 6) is -4.98. The number of carbonyl (C=O) groups is 4. The van der Waals surface area contributed by atoms with Crippen LogP contribution in [0.1, 0.15) is 26.2 Å². The minimum absolute atomic E-state index is 0.0549. The summed E-state index contributed by atoms with van der Waals surface area (Å²) in [4.78, 5) is 55.8. The summed E-state index contributed by atoms with van der Waals surface area (Å²) in [7, 11) is -3.47. The molecule has 0 aromatic rings. The third kappa shape index (κ3) is 1.66. The van der Waals surface area contributed by atoms with Gasteiger partial charge in [-0.1, -0.05) is 17.7 Å². The third-order valence-electron chi connectivity index (χ3n) is 9.25. The number of ketones is 4. The molecule has 2 heterocycles. The molecule has 0 aromatic heterocycles. The van der Waals surface area contributed by atoms with Gasteiger partial charge in [0.05, 0.1) is 28.9 Å². The molecular weight excluding hydrogens is 432 g/mol. The number of carbonyl (C=O) groups excluding carboxylic acids is 4. The van der Waals surface area contributed by atoms with Crippen molar-refractivity contribution in [3.05, 3.63) is 33.8 Å². The summed E-state index contributed by atoms with van der Waals surface area (Å²) < 4.78 is 25.3. The highest BCUT2D eigenvalue weighted by Crippen LogP contribution is 2.68. The Balaban J connectivity index is 1.45. The molecular formula is C23H20N2O6S. The lowest BCUT2D eigenvalue weighted by Crippen LogP contribution is -2.65. The standard InChI is InChI=1S/C23H20N2O6S/c1-9-6-13-14(12-4-5-32(30,31)19(9)12)18(27)16-15(17(13)26)20(28)22-8-24-25-23(22,21(16)29)11-3-2-10(22)7-11/h2-3,10-14H,4-8H2,1H3/t10-,11+,12?,13?,14?,22+,23+/m1/s1. The van der Waals surface area contributed by atoms with E-state index in [9.17, 15) is 27.6 Å². The summed E-state index contributed by atoms with van der Waals surface area (Å²) in [5.41, 5.74) is -2.64. The maximum atomic E-state index is 14.0. The van der Waals surface area contributed by atoms with Crippen molar-refractivity contribution < 1.29 is 27.6 Å². The second-order valence-corrected chi connectivity index (χ2v) is 12.4. The van der Waals surface area contributed by atoms with Gasteiger partial charge in [0, 0.05) is 28.6 Å². The number of fused-ring (bicyclic) bond motifs is 5. The third-order valence-corrected chi connectivity index (χ3v) is 11.3. The monoisotopic (exact) mass is 452 g/mol. The van der Waals surface area contributed by atoms with Crippen LogP contribution in [0.2, 0.25) is 0 Å². The zero-order chi connectivity index (χ0) is 22.4. The van der Waals surface area contributed by atoms with Gasteiger partial charge in [0.1, 0.15) is 0 Å². The zero-order valence-corrected chi connectivity index (χ0v) is 18.1. The topological polar surface area (TPSA) is 127 Å². The van der Waals surface area contributed by atoms with Crippen molar-refractivity contribution >= 4 is 33.0 Å². The van der Waals surface area contributed by atoms with Gasteiger partial charge >= 0.3 is 0 Å². The largest absolute Gasteiger partial charge is 0.294 e. The molecule has 32 heavy (non-hydrogen) atoms. The van der Waals surface area contributed by atoms with Crippen LogP contribution in [-0.4, -0.2) is 49.4 Å². The van der Waals surface area contributed by atoms with E-state index in [1.54, 1.807) is 6.92 Å². The number of rotatable bonds is 0. The average molecular weight is 452 g/mol. The van der Waals surface area contributed by atoms with Crippen LogP contribution in [0.5, 0.6) is 0 Å². The fourth-order valence-electron chi connectivity index (χ4n) is 8.08. The highest BCUT2D eigenvalue weighted by Gasteiger charge is 2.79. The van der Waals surface area contributed by atoms with E-state index in [4.69, 9.17) is 0 Å². The quantitative estimate of drug-likeness (QED) is 0.403. The summed E-state index contributed by atoms with van der Waals surface area (Å²) >= 11 is 0. The van der Waals surface area contributed by atoms with Crippen molar-refractivity contribution in [1.29, 1.82) is 0 Å². The van der Waals surface area contributed by atoms with Crippen molar-refractivity contribution in [2.75, 3.05) is 12.3 Å². The molecule has 0 aromatic carbocycles. The van der Waals surface area contributed by atoms with Crippen molar-refractivity contribution in [1.82, 2.24) is 0 Å². The molecule has 0 N–H and O–H groups in total. The average Bonchev–Trinajstić information content (AvgIpc) is 3.49. The summed E-state index contributed by atoms with van der Waals surface area (Å²) in [6.45, 7) is 1.75. The van der Waals surface area contributed by atoms with Crippen LogP contribution in [0.4, 0.5) is 0 Å². The normalized spacial score (nSPS) is 47.1. The lowest BCUT2D eigenvalue weighted by Gasteiger charge is -2.48. The van der Waals surface area contributed by atoms with Gasteiger partial charge in [-0.3, -0.25) is 19.2 Å². The first-order valence-electron chi connectivity index (χ1n) is 11.1. The van der Waals surface area contributed by atoms with Gasteiger partial charge in [0.15, 0.2) is 38.5 Å². The molecule has 7 rings (SSSR count). The number of allylic oxidation sites excluding steroid dienone is 4. The second kappa shape index (κ2) is 5.32. The SMILES string of the molecule is CC1=C2C(CCS2(=O)=O)C2C(=O)C3=C(C(=O)C2C1)C(=O)[C@@]12CN=N[C@]1(C3=O)[C@H]1C=C[C@@H]2C1. The highest BCUT2D eigenvalue weighted by molar-refractivity contribution is 7.95. The molecule has 1 saturated heterocycles. The molecule has 0 amide bonds. The minimum atomic E-state index is -3.47. The molecule has 2 aliphatic heterocycles. The van der Waals surface area contributed by atoms with E-state index in [2.05, 4.69) is 10.2 Å². The van der Waals surface area contributed by atoms with Crippen LogP contribution < -0.4 is 0 Å². The molecule has 3 unspecified atom stereocenters. The number of nitrogens with zero attached hydrogens (tertiary/aromatic N) is 2. The van der Waals surface area contributed by atoms with Crippen LogP contribution in [0.3, 0.4) is 0 Å². The van der Waals surface area contributed by atoms with Crippen molar-refractivity contribution in [2.45, 2.75) is 31.7 Å². The maximum absolute atomic E-state index is 14.0. The molecule has 0 radical (unpaired) electrons. The minimum Gasteiger partial charge on any atom is -0.294 e. The first-order valence-corrected chi connectivity index (χ1v) is 12.7. The van der Waals surface area contributed by atoms with Crippen molar-refractivity contribution in [2.24, 2.45) is 45.2 Å². The van der Waals surface area contributed by atoms with Gasteiger partial charge in [0.2, 0.25) is 0 Å². The number of azo groups is 1. The van der Waals surface area contributed by atoms with Crippen LogP contribution >= 0.6 is 0 Å². The molecule has 0 spiro atoms. The smallest absolute Gasteiger partial charge is 0.198 e. The lowest BCUT2D eigenvalue weighted by atomic mass is 9.50. The molecule has 5 aliphatic carbocycles. The Kier molecular flexibility index (Phi) is 3.16. The number of Topliss-reactive ketones (excluding diaryl/α,β-unsaturated/α-hetero) is 4. The molecule has 164 valence electrons. The van der Waals surface area contributed by atoms with Crippen LogP contribution in [0.15, 0.2) is 44.0 Å². The van der Waals surface area contributed by atoms with E-state index in [0.29, 0.717) is 12.0 Å². The second-order valence-electron chi connectivity index (χ2n) is 10.3. The molecule has 7 aliphatic rings. The van der Waals surface area contributed by atoms with E-state index in [-0.39, 0.29) is 53.0 Å². The van der Waals surface area contributed by atoms with Crippen LogP contribution in [0.25, 0.3) is 0 Å². The molecule has 2 bridgehead atoms. The number of hydrogen-bond acceptors (Lipinski definition) is 8. The van der Waals surface area contributed by atoms with E-state index >= 15 is 0 Å². The van der Waals surface area contributed by atoms with Gasteiger partial charge in [-0.15, -0.1) is 0 Å². The summed E-state index contributed by atoms with van der Waals surface area (Å²) in [6.07, 6.45) is 4.77. The lowest BCUT2D eigenvalue weighted by molar-refractivity contribution is -0.146. The Hall–Kier alpha value is -2.55. The van der Waals surface area contributed by atoms with E-state index in [0.717, 1.165) is 0 Å². The summed E-state index contributed by atoms with van der Waals surface area (Å²) in [6, 6.07) is 0. The van der Waals surface area contributed by atoms with E-state index < -0.39 is 61.7 Å². The van der Waals surface area contributed by atoms with Crippen LogP contribution in [0, 0.1) is 35.0 Å². The van der Waals surface area contributed by atoms with Gasteiger partial charge in [-0.2, -0.15) is 10.2 Å². The molecule has 7 atom stereocenters. The zero-order valence-electron chi connectivity index (χ0n) is 17.3. The fraction of sp³-hybridized carbons (Fsp3) is 0.565. The number of sulfone groups is 1. The molecule has 2 fully saturated rings. The maximum Gasteiger partial charge on any atom is 0.198 e. The van der Waals surface area contributed by atoms with E-state index in [1.165, 1.54) is 0 Å². The molecule has 8 nitrogen and oxygen atoms in total. The number of hydrogen-bond donors (Lipinski definition) is 0. The molecule has 9 heteroatoms. The highest BCUT2D eigenvalue weighted by atomic mass is 32.2. The van der Waals surface area contributed by atoms with Gasteiger partial charge in [-0.05, 0) is 32.1 Å². The van der Waals surface area contributed by atoms with Gasteiger partial charge < -0.3 is 0 Å². The Morgan fingerprint density at radius 3 is 2.47 bits per heavy atom. The first kappa shape index (κ1) is 19.0. The van der Waals surface area contributed by atoms with Crippen LogP contribution in [-0.2, 0) is 29.0 Å². The predicted octanol–water partition coefficient (Wildman–Crippen LogP) is 1.33. The Morgan fingerprint density at radius 1 is 0.969 bits per heavy atom. The Labute approximate surface area is 183 Å². The van der Waals surface area contributed by atoms with Gasteiger partial charge in [0.25, 0.3) is 0 Å². The van der Waals surface area contributed by atoms with Gasteiger partial charge in [-0.25, -0.2) is 8.42 Å². The summed E-state index contributed by atoms with van der Waals surface area (Å²) in [5, 5.41) is 8.44. The first-order chi connectivity index (χ1) is 15.2. The Bertz CT molecular complexity index is 1350. The van der Waals surface area contributed by atoms with Crippen molar-refractivity contribution in [3.63, 3.8) is 0 Å². The molecule has 1 saturated carbocycles. The van der Waals surface area contributed by atoms with E-state index in [1.807, 2.05) is 12.2 Å². The fourth-order valence-corrected chi connectivity index (χ4v) is 10.2. The predicted molar refractivity (Wildman–Crippen MR) is 109 cm³/mol. The Morgan fingerprint density at radius 2 is 1.69 bits per heavy atom. The van der Waals surface area contributed by atoms with Crippen molar-refractivity contribution in [3.8, 4) is 0 Å².